The number of rotatable bonds is 5. The number of carbonyl (C=O) groups is 1. The Morgan fingerprint density at radius 2 is 2.22 bits per heavy atom. The molecule has 1 saturated heterocycles. The quantitative estimate of drug-likeness (QED) is 0.789. The zero-order valence-corrected chi connectivity index (χ0v) is 11.2. The Kier molecular flexibility index (Phi) is 5.01. The molecule has 0 aromatic rings. The molecule has 1 aliphatic carbocycles. The number of carboxylic acid groups (broad SMARTS) is 1. The molecule has 2 fully saturated rings. The largest absolute Gasteiger partial charge is 0.480 e. The minimum Gasteiger partial charge on any atom is -0.480 e. The molecule has 4 heteroatoms. The van der Waals surface area contributed by atoms with Crippen LogP contribution in [0, 0.1) is 11.8 Å². The molecule has 2 aliphatic rings. The summed E-state index contributed by atoms with van der Waals surface area (Å²) < 4.78 is 5.54. The lowest BCUT2D eigenvalue weighted by molar-refractivity contribution is -0.141. The normalized spacial score (nSPS) is 34.4. The fourth-order valence-corrected chi connectivity index (χ4v) is 3.30. The van der Waals surface area contributed by atoms with Crippen LogP contribution in [0.5, 0.6) is 0 Å². The second-order valence-electron chi connectivity index (χ2n) is 5.89. The third kappa shape index (κ3) is 3.69. The summed E-state index contributed by atoms with van der Waals surface area (Å²) >= 11 is 0. The number of hydrogen-bond donors (Lipinski definition) is 2. The van der Waals surface area contributed by atoms with Crippen LogP contribution in [-0.2, 0) is 9.53 Å². The smallest absolute Gasteiger partial charge is 0.320 e. The van der Waals surface area contributed by atoms with E-state index in [2.05, 4.69) is 12.2 Å². The van der Waals surface area contributed by atoms with Crippen LogP contribution in [0.2, 0.25) is 0 Å². The SMILES string of the molecule is CC1CCCC(C(NCC2CCCO2)C(=O)O)C1. The molecule has 4 atom stereocenters. The summed E-state index contributed by atoms with van der Waals surface area (Å²) in [6.07, 6.45) is 6.86. The van der Waals surface area contributed by atoms with E-state index in [4.69, 9.17) is 4.74 Å². The standard InChI is InChI=1S/C14H25NO3/c1-10-4-2-5-11(8-10)13(14(16)17)15-9-12-6-3-7-18-12/h10-13,15H,2-9H2,1H3,(H,16,17). The van der Waals surface area contributed by atoms with Gasteiger partial charge in [-0.05, 0) is 37.5 Å². The molecule has 104 valence electrons. The molecular formula is C14H25NO3. The summed E-state index contributed by atoms with van der Waals surface area (Å²) in [4.78, 5) is 11.4. The second-order valence-corrected chi connectivity index (χ2v) is 5.89. The van der Waals surface area contributed by atoms with Crippen molar-refractivity contribution in [2.24, 2.45) is 11.8 Å². The van der Waals surface area contributed by atoms with Gasteiger partial charge in [-0.2, -0.15) is 0 Å². The first kappa shape index (κ1) is 13.8. The molecule has 0 amide bonds. The Hall–Kier alpha value is -0.610. The lowest BCUT2D eigenvalue weighted by Crippen LogP contribution is -2.46. The number of nitrogens with one attached hydrogen (secondary N) is 1. The number of hydrogen-bond acceptors (Lipinski definition) is 3. The lowest BCUT2D eigenvalue weighted by atomic mass is 9.78. The monoisotopic (exact) mass is 255 g/mol. The van der Waals surface area contributed by atoms with Gasteiger partial charge in [-0.15, -0.1) is 0 Å². The first-order valence-electron chi connectivity index (χ1n) is 7.24. The van der Waals surface area contributed by atoms with E-state index in [1.54, 1.807) is 0 Å². The van der Waals surface area contributed by atoms with Gasteiger partial charge in [0, 0.05) is 13.2 Å². The maximum atomic E-state index is 11.4. The van der Waals surface area contributed by atoms with Crippen molar-refractivity contribution in [3.63, 3.8) is 0 Å². The molecule has 1 aliphatic heterocycles. The second kappa shape index (κ2) is 6.53. The van der Waals surface area contributed by atoms with Crippen LogP contribution in [0.1, 0.15) is 45.4 Å². The van der Waals surface area contributed by atoms with Gasteiger partial charge in [0.2, 0.25) is 0 Å². The molecule has 18 heavy (non-hydrogen) atoms. The summed E-state index contributed by atoms with van der Waals surface area (Å²) in [6.45, 7) is 3.73. The minimum absolute atomic E-state index is 0.216. The van der Waals surface area contributed by atoms with Crippen molar-refractivity contribution in [3.8, 4) is 0 Å². The Balaban J connectivity index is 1.84. The van der Waals surface area contributed by atoms with E-state index in [1.807, 2.05) is 0 Å². The summed E-state index contributed by atoms with van der Waals surface area (Å²) in [6, 6.07) is -0.392. The number of ether oxygens (including phenoxy) is 1. The zero-order valence-electron chi connectivity index (χ0n) is 11.2. The summed E-state index contributed by atoms with van der Waals surface area (Å²) in [7, 11) is 0. The van der Waals surface area contributed by atoms with Gasteiger partial charge in [0.1, 0.15) is 6.04 Å². The third-order valence-corrected chi connectivity index (χ3v) is 4.30. The summed E-state index contributed by atoms with van der Waals surface area (Å²) in [5, 5.41) is 12.6. The van der Waals surface area contributed by atoms with E-state index in [0.29, 0.717) is 12.5 Å². The van der Waals surface area contributed by atoms with Crippen molar-refractivity contribution >= 4 is 5.97 Å². The molecule has 4 nitrogen and oxygen atoms in total. The van der Waals surface area contributed by atoms with Gasteiger partial charge >= 0.3 is 5.97 Å². The predicted molar refractivity (Wildman–Crippen MR) is 69.5 cm³/mol. The first-order chi connectivity index (χ1) is 8.66. The highest BCUT2D eigenvalue weighted by molar-refractivity contribution is 5.73. The highest BCUT2D eigenvalue weighted by Gasteiger charge is 2.32. The van der Waals surface area contributed by atoms with Crippen molar-refractivity contribution in [2.45, 2.75) is 57.6 Å². The van der Waals surface area contributed by atoms with E-state index in [0.717, 1.165) is 38.7 Å². The number of carboxylic acids is 1. The first-order valence-corrected chi connectivity index (χ1v) is 7.24. The minimum atomic E-state index is -0.702. The average molecular weight is 255 g/mol. The predicted octanol–water partition coefficient (Wildman–Crippen LogP) is 2.03. The topological polar surface area (TPSA) is 58.6 Å². The fourth-order valence-electron chi connectivity index (χ4n) is 3.30. The third-order valence-electron chi connectivity index (χ3n) is 4.30. The van der Waals surface area contributed by atoms with Gasteiger partial charge in [0.05, 0.1) is 6.10 Å². The Morgan fingerprint density at radius 3 is 2.83 bits per heavy atom. The Bertz CT molecular complexity index is 276. The van der Waals surface area contributed by atoms with Gasteiger partial charge in [0.15, 0.2) is 0 Å². The van der Waals surface area contributed by atoms with Gasteiger partial charge in [-0.1, -0.05) is 19.8 Å². The van der Waals surface area contributed by atoms with Crippen molar-refractivity contribution < 1.29 is 14.6 Å². The number of aliphatic carboxylic acids is 1. The van der Waals surface area contributed by atoms with Crippen molar-refractivity contribution in [1.29, 1.82) is 0 Å². The molecule has 1 heterocycles. The van der Waals surface area contributed by atoms with E-state index >= 15 is 0 Å². The van der Waals surface area contributed by atoms with E-state index in [-0.39, 0.29) is 12.0 Å². The van der Waals surface area contributed by atoms with Crippen LogP contribution in [0.4, 0.5) is 0 Å². The zero-order chi connectivity index (χ0) is 13.0. The van der Waals surface area contributed by atoms with E-state index < -0.39 is 12.0 Å². The molecular weight excluding hydrogens is 230 g/mol. The Morgan fingerprint density at radius 1 is 1.39 bits per heavy atom. The van der Waals surface area contributed by atoms with Crippen LogP contribution < -0.4 is 5.32 Å². The maximum Gasteiger partial charge on any atom is 0.320 e. The molecule has 0 radical (unpaired) electrons. The summed E-state index contributed by atoms with van der Waals surface area (Å²) in [5.41, 5.74) is 0. The van der Waals surface area contributed by atoms with E-state index in [9.17, 15) is 9.90 Å². The molecule has 4 unspecified atom stereocenters. The summed E-state index contributed by atoms with van der Waals surface area (Å²) in [5.74, 6) is 0.245. The molecule has 2 N–H and O–H groups in total. The van der Waals surface area contributed by atoms with Crippen LogP contribution in [-0.4, -0.2) is 36.4 Å². The van der Waals surface area contributed by atoms with Crippen molar-refractivity contribution in [2.75, 3.05) is 13.2 Å². The molecule has 0 aromatic carbocycles. The van der Waals surface area contributed by atoms with Gasteiger partial charge in [-0.25, -0.2) is 0 Å². The average Bonchev–Trinajstić information content (AvgIpc) is 2.82. The van der Waals surface area contributed by atoms with Gasteiger partial charge in [0.25, 0.3) is 0 Å². The van der Waals surface area contributed by atoms with Crippen LogP contribution in [0.25, 0.3) is 0 Å². The van der Waals surface area contributed by atoms with Crippen molar-refractivity contribution in [3.05, 3.63) is 0 Å². The molecule has 2 rings (SSSR count). The fraction of sp³-hybridized carbons (Fsp3) is 0.929. The van der Waals surface area contributed by atoms with Gasteiger partial charge in [-0.3, -0.25) is 4.79 Å². The molecule has 0 bridgehead atoms. The lowest BCUT2D eigenvalue weighted by Gasteiger charge is -2.32. The highest BCUT2D eigenvalue weighted by Crippen LogP contribution is 2.31. The molecule has 1 saturated carbocycles. The molecule has 0 spiro atoms. The van der Waals surface area contributed by atoms with Crippen molar-refractivity contribution in [1.82, 2.24) is 5.32 Å². The van der Waals surface area contributed by atoms with Gasteiger partial charge < -0.3 is 15.2 Å². The maximum absolute atomic E-state index is 11.4. The van der Waals surface area contributed by atoms with Crippen LogP contribution >= 0.6 is 0 Å². The highest BCUT2D eigenvalue weighted by atomic mass is 16.5. The van der Waals surface area contributed by atoms with Crippen LogP contribution in [0.15, 0.2) is 0 Å². The van der Waals surface area contributed by atoms with Crippen LogP contribution in [0.3, 0.4) is 0 Å². The Labute approximate surface area is 109 Å². The molecule has 0 aromatic heterocycles. The van der Waals surface area contributed by atoms with E-state index in [1.165, 1.54) is 6.42 Å².